The van der Waals surface area contributed by atoms with E-state index in [9.17, 15) is 4.79 Å². The Morgan fingerprint density at radius 3 is 2.88 bits per heavy atom. The Labute approximate surface area is 157 Å². The van der Waals surface area contributed by atoms with Crippen molar-refractivity contribution in [2.45, 2.75) is 18.6 Å². The molecule has 2 aromatic carbocycles. The molecule has 0 unspecified atom stereocenters. The fourth-order valence-electron chi connectivity index (χ4n) is 3.26. The molecular weight excluding hydrogens is 348 g/mol. The molecule has 5 nitrogen and oxygen atoms in total. The molecule has 0 bridgehead atoms. The van der Waals surface area contributed by atoms with Crippen LogP contribution in [0.4, 0.5) is 10.5 Å². The number of rotatable bonds is 2. The number of fused-ring (bicyclic) bond motifs is 1. The van der Waals surface area contributed by atoms with Crippen LogP contribution in [-0.4, -0.2) is 36.6 Å². The number of amides is 2. The molecule has 2 amide bonds. The number of ether oxygens (including phenoxy) is 2. The largest absolute Gasteiger partial charge is 0.454 e. The first-order chi connectivity index (χ1) is 12.7. The highest BCUT2D eigenvalue weighted by molar-refractivity contribution is 7.99. The molecule has 0 aromatic heterocycles. The maximum absolute atomic E-state index is 12.6. The van der Waals surface area contributed by atoms with Crippen molar-refractivity contribution in [1.29, 1.82) is 0 Å². The maximum Gasteiger partial charge on any atom is 0.321 e. The number of thioether (sulfide) groups is 1. The molecule has 2 aromatic rings. The third-order valence-electron chi connectivity index (χ3n) is 4.78. The second kappa shape index (κ2) is 7.50. The minimum Gasteiger partial charge on any atom is -0.454 e. The van der Waals surface area contributed by atoms with Gasteiger partial charge in [-0.3, -0.25) is 0 Å². The summed E-state index contributed by atoms with van der Waals surface area (Å²) in [6.45, 7) is 3.79. The first kappa shape index (κ1) is 17.1. The number of para-hydroxylation sites is 1. The third kappa shape index (κ3) is 3.60. The van der Waals surface area contributed by atoms with E-state index >= 15 is 0 Å². The van der Waals surface area contributed by atoms with Crippen LogP contribution in [0, 0.1) is 6.92 Å². The zero-order valence-electron chi connectivity index (χ0n) is 14.7. The molecule has 1 fully saturated rings. The van der Waals surface area contributed by atoms with Gasteiger partial charge < -0.3 is 19.7 Å². The summed E-state index contributed by atoms with van der Waals surface area (Å²) in [5.41, 5.74) is 3.19. The molecule has 4 rings (SSSR count). The van der Waals surface area contributed by atoms with Crippen molar-refractivity contribution >= 4 is 23.5 Å². The monoisotopic (exact) mass is 370 g/mol. The SMILES string of the molecule is Cc1ccccc1NC(=O)N1CCS[C@H](c2ccc3c(c2)OCO3)CC1. The Kier molecular flexibility index (Phi) is 4.93. The number of hydrogen-bond donors (Lipinski definition) is 1. The predicted octanol–water partition coefficient (Wildman–Crippen LogP) is 4.44. The van der Waals surface area contributed by atoms with E-state index in [1.165, 1.54) is 5.56 Å². The van der Waals surface area contributed by atoms with Gasteiger partial charge in [0.2, 0.25) is 6.79 Å². The highest BCUT2D eigenvalue weighted by Crippen LogP contribution is 2.40. The van der Waals surface area contributed by atoms with Crippen molar-refractivity contribution in [3.63, 3.8) is 0 Å². The summed E-state index contributed by atoms with van der Waals surface area (Å²) >= 11 is 1.90. The summed E-state index contributed by atoms with van der Waals surface area (Å²) in [5.74, 6) is 2.55. The van der Waals surface area contributed by atoms with Gasteiger partial charge in [0.05, 0.1) is 0 Å². The third-order valence-corrected chi connectivity index (χ3v) is 6.11. The smallest absolute Gasteiger partial charge is 0.321 e. The second-order valence-electron chi connectivity index (χ2n) is 6.49. The first-order valence-electron chi connectivity index (χ1n) is 8.83. The van der Waals surface area contributed by atoms with E-state index in [2.05, 4.69) is 17.4 Å². The van der Waals surface area contributed by atoms with Gasteiger partial charge in [0.1, 0.15) is 0 Å². The number of carbonyl (C=O) groups is 1. The lowest BCUT2D eigenvalue weighted by Gasteiger charge is -2.21. The summed E-state index contributed by atoms with van der Waals surface area (Å²) in [6.07, 6.45) is 0.922. The predicted molar refractivity (Wildman–Crippen MR) is 104 cm³/mol. The Balaban J connectivity index is 1.40. The van der Waals surface area contributed by atoms with Crippen LogP contribution in [0.3, 0.4) is 0 Å². The van der Waals surface area contributed by atoms with Gasteiger partial charge in [0.15, 0.2) is 11.5 Å². The van der Waals surface area contributed by atoms with Gasteiger partial charge in [-0.25, -0.2) is 4.79 Å². The van der Waals surface area contributed by atoms with Crippen molar-refractivity contribution in [3.8, 4) is 11.5 Å². The van der Waals surface area contributed by atoms with Crippen molar-refractivity contribution in [1.82, 2.24) is 4.90 Å². The molecule has 2 aliphatic heterocycles. The summed E-state index contributed by atoms with van der Waals surface area (Å²) in [6, 6.07) is 14.0. The quantitative estimate of drug-likeness (QED) is 0.849. The number of benzene rings is 2. The lowest BCUT2D eigenvalue weighted by atomic mass is 10.1. The molecule has 0 spiro atoms. The van der Waals surface area contributed by atoms with Crippen LogP contribution in [0.1, 0.15) is 22.8 Å². The second-order valence-corrected chi connectivity index (χ2v) is 7.80. The average molecular weight is 370 g/mol. The summed E-state index contributed by atoms with van der Waals surface area (Å²) in [5, 5.41) is 3.40. The van der Waals surface area contributed by atoms with Crippen molar-refractivity contribution in [2.24, 2.45) is 0 Å². The van der Waals surface area contributed by atoms with Crippen molar-refractivity contribution in [2.75, 3.05) is 31.0 Å². The molecule has 2 aliphatic rings. The Morgan fingerprint density at radius 1 is 1.15 bits per heavy atom. The van der Waals surface area contributed by atoms with Gasteiger partial charge >= 0.3 is 6.03 Å². The highest BCUT2D eigenvalue weighted by Gasteiger charge is 2.24. The zero-order valence-corrected chi connectivity index (χ0v) is 15.6. The highest BCUT2D eigenvalue weighted by atomic mass is 32.2. The fraction of sp³-hybridized carbons (Fsp3) is 0.350. The van der Waals surface area contributed by atoms with E-state index < -0.39 is 0 Å². The van der Waals surface area contributed by atoms with Gasteiger partial charge in [-0.2, -0.15) is 11.8 Å². The summed E-state index contributed by atoms with van der Waals surface area (Å²) in [4.78, 5) is 14.5. The van der Waals surface area contributed by atoms with Gasteiger partial charge in [-0.15, -0.1) is 0 Å². The first-order valence-corrected chi connectivity index (χ1v) is 9.88. The standard InChI is InChI=1S/C20H22N2O3S/c1-14-4-2-3-5-16(14)21-20(23)22-9-8-19(26-11-10-22)15-6-7-17-18(12-15)25-13-24-17/h2-7,12,19H,8-11,13H2,1H3,(H,21,23)/t19-/m0/s1. The van der Waals surface area contributed by atoms with Crippen LogP contribution in [0.15, 0.2) is 42.5 Å². The van der Waals surface area contributed by atoms with E-state index in [0.29, 0.717) is 12.0 Å². The Hall–Kier alpha value is -2.34. The number of urea groups is 1. The average Bonchev–Trinajstić information content (AvgIpc) is 2.98. The number of nitrogens with zero attached hydrogens (tertiary/aromatic N) is 1. The fourth-order valence-corrected chi connectivity index (χ4v) is 4.48. The molecule has 1 N–H and O–H groups in total. The minimum atomic E-state index is -0.0220. The molecule has 1 atom stereocenters. The van der Waals surface area contributed by atoms with Crippen LogP contribution in [0.2, 0.25) is 0 Å². The number of anilines is 1. The summed E-state index contributed by atoms with van der Waals surface area (Å²) in [7, 11) is 0. The van der Waals surface area contributed by atoms with Crippen LogP contribution < -0.4 is 14.8 Å². The topological polar surface area (TPSA) is 50.8 Å². The molecule has 136 valence electrons. The van der Waals surface area contributed by atoms with Crippen LogP contribution >= 0.6 is 11.8 Å². The molecule has 2 heterocycles. The molecular formula is C20H22N2O3S. The maximum atomic E-state index is 12.6. The number of nitrogens with one attached hydrogen (secondary N) is 1. The molecule has 6 heteroatoms. The summed E-state index contributed by atoms with van der Waals surface area (Å²) < 4.78 is 10.9. The van der Waals surface area contributed by atoms with Gasteiger partial charge in [-0.05, 0) is 42.7 Å². The Bertz CT molecular complexity index is 811. The number of aryl methyl sites for hydroxylation is 1. The zero-order chi connectivity index (χ0) is 17.9. The van der Waals surface area contributed by atoms with E-state index in [-0.39, 0.29) is 6.03 Å². The molecule has 1 saturated heterocycles. The van der Waals surface area contributed by atoms with E-state index in [1.54, 1.807) is 0 Å². The lowest BCUT2D eigenvalue weighted by Crippen LogP contribution is -2.36. The van der Waals surface area contributed by atoms with Gasteiger partial charge in [-0.1, -0.05) is 24.3 Å². The molecule has 0 radical (unpaired) electrons. The van der Waals surface area contributed by atoms with Gasteiger partial charge in [0.25, 0.3) is 0 Å². The van der Waals surface area contributed by atoms with E-state index in [4.69, 9.17) is 9.47 Å². The van der Waals surface area contributed by atoms with Crippen LogP contribution in [-0.2, 0) is 0 Å². The van der Waals surface area contributed by atoms with Crippen LogP contribution in [0.25, 0.3) is 0 Å². The van der Waals surface area contributed by atoms with Crippen molar-refractivity contribution < 1.29 is 14.3 Å². The molecule has 0 aliphatic carbocycles. The molecule has 26 heavy (non-hydrogen) atoms. The van der Waals surface area contributed by atoms with E-state index in [1.807, 2.05) is 53.9 Å². The number of carbonyl (C=O) groups excluding carboxylic acids is 1. The van der Waals surface area contributed by atoms with Gasteiger partial charge in [0, 0.05) is 29.8 Å². The normalized spacial score (nSPS) is 19.1. The Morgan fingerprint density at radius 2 is 2.00 bits per heavy atom. The number of hydrogen-bond acceptors (Lipinski definition) is 4. The van der Waals surface area contributed by atoms with Crippen molar-refractivity contribution in [3.05, 3.63) is 53.6 Å². The lowest BCUT2D eigenvalue weighted by molar-refractivity contribution is 0.174. The van der Waals surface area contributed by atoms with Crippen LogP contribution in [0.5, 0.6) is 11.5 Å². The molecule has 0 saturated carbocycles. The minimum absolute atomic E-state index is 0.0220. The van der Waals surface area contributed by atoms with E-state index in [0.717, 1.165) is 48.0 Å².